The van der Waals surface area contributed by atoms with E-state index in [0.29, 0.717) is 6.04 Å². The van der Waals surface area contributed by atoms with E-state index in [1.165, 1.54) is 5.69 Å². The minimum Gasteiger partial charge on any atom is -0.296 e. The molecule has 2 heterocycles. The largest absolute Gasteiger partial charge is 0.296 e. The van der Waals surface area contributed by atoms with Crippen LogP contribution in [0.4, 0.5) is 0 Å². The minimum atomic E-state index is 0.514. The molecular formula is C9H15N3. The Hall–Kier alpha value is -0.830. The maximum atomic E-state index is 4.43. The summed E-state index contributed by atoms with van der Waals surface area (Å²) >= 11 is 0. The number of hydrogen-bond acceptors (Lipinski definition) is 2. The Morgan fingerprint density at radius 3 is 3.00 bits per heavy atom. The van der Waals surface area contributed by atoms with Crippen molar-refractivity contribution in [3.05, 3.63) is 17.5 Å². The number of nitrogens with zero attached hydrogens (tertiary/aromatic N) is 3. The zero-order valence-corrected chi connectivity index (χ0v) is 7.91. The van der Waals surface area contributed by atoms with Crippen LogP contribution in [0.1, 0.15) is 24.4 Å². The Labute approximate surface area is 73.0 Å². The van der Waals surface area contributed by atoms with Gasteiger partial charge in [0.2, 0.25) is 0 Å². The van der Waals surface area contributed by atoms with Crippen LogP contribution in [0.25, 0.3) is 0 Å². The zero-order valence-electron chi connectivity index (χ0n) is 7.91. The average Bonchev–Trinajstić information content (AvgIpc) is 2.39. The van der Waals surface area contributed by atoms with Crippen molar-refractivity contribution in [2.45, 2.75) is 26.4 Å². The lowest BCUT2D eigenvalue weighted by Gasteiger charge is -2.30. The smallest absolute Gasteiger partial charge is 0.0597 e. The fourth-order valence-corrected chi connectivity index (χ4v) is 1.75. The second-order valence-corrected chi connectivity index (χ2v) is 3.59. The lowest BCUT2D eigenvalue weighted by atomic mass is 10.1. The second-order valence-electron chi connectivity index (χ2n) is 3.59. The topological polar surface area (TPSA) is 21.1 Å². The molecule has 1 aliphatic rings. The highest BCUT2D eigenvalue weighted by Crippen LogP contribution is 2.23. The first-order chi connectivity index (χ1) is 5.68. The number of likely N-dealkylation sites (N-methyl/N-ethyl adjacent to an activating group) is 1. The predicted molar refractivity (Wildman–Crippen MR) is 48.0 cm³/mol. The highest BCUT2D eigenvalue weighted by Gasteiger charge is 2.21. The molecule has 0 radical (unpaired) electrons. The van der Waals surface area contributed by atoms with Gasteiger partial charge in [0.15, 0.2) is 0 Å². The van der Waals surface area contributed by atoms with Gasteiger partial charge in [0, 0.05) is 12.6 Å². The second kappa shape index (κ2) is 2.59. The van der Waals surface area contributed by atoms with Crippen LogP contribution in [-0.2, 0) is 6.54 Å². The molecule has 2 rings (SSSR count). The third kappa shape index (κ3) is 1.05. The summed E-state index contributed by atoms with van der Waals surface area (Å²) in [7, 11) is 2.16. The van der Waals surface area contributed by atoms with Crippen LogP contribution in [0.3, 0.4) is 0 Å². The molecule has 0 saturated carbocycles. The third-order valence-corrected chi connectivity index (χ3v) is 2.69. The highest BCUT2D eigenvalue weighted by atomic mass is 15.3. The van der Waals surface area contributed by atoms with Crippen molar-refractivity contribution >= 4 is 0 Å². The number of rotatable bonds is 0. The molecule has 0 spiro atoms. The van der Waals surface area contributed by atoms with E-state index < -0.39 is 0 Å². The van der Waals surface area contributed by atoms with Crippen molar-refractivity contribution in [3.63, 3.8) is 0 Å². The Morgan fingerprint density at radius 1 is 1.50 bits per heavy atom. The highest BCUT2D eigenvalue weighted by molar-refractivity contribution is 5.14. The molecule has 1 atom stereocenters. The monoisotopic (exact) mass is 165 g/mol. The van der Waals surface area contributed by atoms with Crippen molar-refractivity contribution in [2.75, 3.05) is 13.6 Å². The van der Waals surface area contributed by atoms with Crippen LogP contribution >= 0.6 is 0 Å². The number of aromatic nitrogens is 2. The SMILES string of the molecule is Cc1cc2n(n1)CCN(C)C2C. The van der Waals surface area contributed by atoms with E-state index in [0.717, 1.165) is 18.8 Å². The van der Waals surface area contributed by atoms with Crippen molar-refractivity contribution in [3.8, 4) is 0 Å². The Bertz CT molecular complexity index is 290. The molecule has 0 fully saturated rings. The minimum absolute atomic E-state index is 0.514. The van der Waals surface area contributed by atoms with Crippen molar-refractivity contribution in [2.24, 2.45) is 0 Å². The van der Waals surface area contributed by atoms with E-state index in [9.17, 15) is 0 Å². The summed E-state index contributed by atoms with van der Waals surface area (Å²) in [6, 6.07) is 2.69. The molecule has 3 nitrogen and oxygen atoms in total. The quantitative estimate of drug-likeness (QED) is 0.576. The Kier molecular flexibility index (Phi) is 1.68. The van der Waals surface area contributed by atoms with Gasteiger partial charge in [-0.15, -0.1) is 0 Å². The maximum Gasteiger partial charge on any atom is 0.0597 e. The molecule has 12 heavy (non-hydrogen) atoms. The number of hydrogen-bond donors (Lipinski definition) is 0. The van der Waals surface area contributed by atoms with Gasteiger partial charge in [-0.1, -0.05) is 0 Å². The van der Waals surface area contributed by atoms with Gasteiger partial charge in [0.25, 0.3) is 0 Å². The molecule has 3 heteroatoms. The molecule has 0 amide bonds. The van der Waals surface area contributed by atoms with Gasteiger partial charge in [-0.05, 0) is 27.0 Å². The normalized spacial score (nSPS) is 24.1. The van der Waals surface area contributed by atoms with E-state index in [2.05, 4.69) is 41.6 Å². The van der Waals surface area contributed by atoms with E-state index in [1.54, 1.807) is 0 Å². The summed E-state index contributed by atoms with van der Waals surface area (Å²) in [6.45, 7) is 6.42. The van der Waals surface area contributed by atoms with Gasteiger partial charge < -0.3 is 0 Å². The summed E-state index contributed by atoms with van der Waals surface area (Å²) in [6.07, 6.45) is 0. The molecule has 1 aliphatic heterocycles. The van der Waals surface area contributed by atoms with Gasteiger partial charge in [-0.25, -0.2) is 0 Å². The molecule has 0 N–H and O–H groups in total. The number of fused-ring (bicyclic) bond motifs is 1. The van der Waals surface area contributed by atoms with E-state index in [4.69, 9.17) is 0 Å². The van der Waals surface area contributed by atoms with Gasteiger partial charge in [-0.2, -0.15) is 5.10 Å². The molecule has 0 aliphatic carbocycles. The summed E-state index contributed by atoms with van der Waals surface area (Å²) < 4.78 is 2.12. The van der Waals surface area contributed by atoms with Gasteiger partial charge in [0.05, 0.1) is 17.9 Å². The molecule has 0 aromatic carbocycles. The molecule has 0 saturated heterocycles. The molecular weight excluding hydrogens is 150 g/mol. The molecule has 0 bridgehead atoms. The van der Waals surface area contributed by atoms with Crippen LogP contribution in [0.15, 0.2) is 6.07 Å². The third-order valence-electron chi connectivity index (χ3n) is 2.69. The van der Waals surface area contributed by atoms with Gasteiger partial charge in [0.1, 0.15) is 0 Å². The lowest BCUT2D eigenvalue weighted by Crippen LogP contribution is -2.33. The summed E-state index contributed by atoms with van der Waals surface area (Å²) in [5.74, 6) is 0. The van der Waals surface area contributed by atoms with E-state index in [1.807, 2.05) is 0 Å². The summed E-state index contributed by atoms with van der Waals surface area (Å²) in [4.78, 5) is 2.36. The van der Waals surface area contributed by atoms with Gasteiger partial charge in [-0.3, -0.25) is 9.58 Å². The van der Waals surface area contributed by atoms with Crippen molar-refractivity contribution < 1.29 is 0 Å². The Balaban J connectivity index is 2.41. The maximum absolute atomic E-state index is 4.43. The lowest BCUT2D eigenvalue weighted by molar-refractivity contribution is 0.202. The van der Waals surface area contributed by atoms with Crippen LogP contribution < -0.4 is 0 Å². The van der Waals surface area contributed by atoms with E-state index in [-0.39, 0.29) is 0 Å². The first-order valence-corrected chi connectivity index (χ1v) is 4.43. The van der Waals surface area contributed by atoms with Crippen LogP contribution in [0, 0.1) is 6.92 Å². The van der Waals surface area contributed by atoms with Crippen LogP contribution in [0.5, 0.6) is 0 Å². The summed E-state index contributed by atoms with van der Waals surface area (Å²) in [5.41, 5.74) is 2.48. The standard InChI is InChI=1S/C9H15N3/c1-7-6-9-8(2)11(3)4-5-12(9)10-7/h6,8H,4-5H2,1-3H3. The summed E-state index contributed by atoms with van der Waals surface area (Å²) in [5, 5.41) is 4.43. The Morgan fingerprint density at radius 2 is 2.25 bits per heavy atom. The fraction of sp³-hybridized carbons (Fsp3) is 0.667. The molecule has 1 aromatic rings. The first kappa shape index (κ1) is 7.80. The van der Waals surface area contributed by atoms with E-state index >= 15 is 0 Å². The first-order valence-electron chi connectivity index (χ1n) is 4.43. The van der Waals surface area contributed by atoms with Crippen molar-refractivity contribution in [1.82, 2.24) is 14.7 Å². The predicted octanol–water partition coefficient (Wildman–Crippen LogP) is 1.20. The molecule has 1 unspecified atom stereocenters. The average molecular weight is 165 g/mol. The van der Waals surface area contributed by atoms with Crippen LogP contribution in [0.2, 0.25) is 0 Å². The van der Waals surface area contributed by atoms with Crippen LogP contribution in [-0.4, -0.2) is 28.3 Å². The zero-order chi connectivity index (χ0) is 8.72. The van der Waals surface area contributed by atoms with Gasteiger partial charge >= 0.3 is 0 Å². The molecule has 66 valence electrons. The molecule has 1 aromatic heterocycles. The number of aryl methyl sites for hydroxylation is 1. The fourth-order valence-electron chi connectivity index (χ4n) is 1.75. The van der Waals surface area contributed by atoms with Crippen molar-refractivity contribution in [1.29, 1.82) is 0 Å².